The first kappa shape index (κ1) is 19.6. The Labute approximate surface area is 172 Å². The molecule has 0 unspecified atom stereocenters. The minimum absolute atomic E-state index is 0.0436. The van der Waals surface area contributed by atoms with Gasteiger partial charge in [-0.05, 0) is 17.7 Å². The van der Waals surface area contributed by atoms with Gasteiger partial charge in [-0.25, -0.2) is 9.18 Å². The molecule has 2 N–H and O–H groups in total. The fourth-order valence-corrected chi connectivity index (χ4v) is 3.03. The largest absolute Gasteiger partial charge is 0.359 e. The number of aryl methyl sites for hydroxylation is 1. The SMILES string of the molecule is Cn1ncc2c(-c3ccc(NC(=O)Nc4cc(C(C)(C)C)on4)c(F)c3)cncc21. The molecule has 0 fully saturated rings. The van der Waals surface area contributed by atoms with Crippen LogP contribution in [0.1, 0.15) is 26.5 Å². The van der Waals surface area contributed by atoms with E-state index in [4.69, 9.17) is 4.52 Å². The van der Waals surface area contributed by atoms with Crippen LogP contribution < -0.4 is 10.6 Å². The molecule has 3 heterocycles. The maximum Gasteiger partial charge on any atom is 0.325 e. The highest BCUT2D eigenvalue weighted by Crippen LogP contribution is 2.30. The summed E-state index contributed by atoms with van der Waals surface area (Å²) in [5.74, 6) is 0.314. The number of aromatic nitrogens is 4. The highest BCUT2D eigenvalue weighted by molar-refractivity contribution is 5.99. The fraction of sp³-hybridized carbons (Fsp3) is 0.238. The molecule has 0 aliphatic heterocycles. The van der Waals surface area contributed by atoms with E-state index < -0.39 is 11.8 Å². The molecule has 0 saturated carbocycles. The van der Waals surface area contributed by atoms with E-state index in [9.17, 15) is 9.18 Å². The maximum absolute atomic E-state index is 14.7. The summed E-state index contributed by atoms with van der Waals surface area (Å²) in [6.07, 6.45) is 5.08. The van der Waals surface area contributed by atoms with Crippen LogP contribution in [-0.4, -0.2) is 26.0 Å². The molecule has 1 aromatic carbocycles. The number of urea groups is 1. The molecule has 0 radical (unpaired) electrons. The molecule has 4 rings (SSSR count). The van der Waals surface area contributed by atoms with Gasteiger partial charge in [0.2, 0.25) is 0 Å². The molecular weight excluding hydrogens is 387 g/mol. The summed E-state index contributed by atoms with van der Waals surface area (Å²) >= 11 is 0. The van der Waals surface area contributed by atoms with E-state index >= 15 is 0 Å². The van der Waals surface area contributed by atoms with Crippen molar-refractivity contribution in [2.75, 3.05) is 10.6 Å². The average Bonchev–Trinajstić information content (AvgIpc) is 3.30. The lowest BCUT2D eigenvalue weighted by Gasteiger charge is -2.12. The summed E-state index contributed by atoms with van der Waals surface area (Å²) in [4.78, 5) is 16.4. The van der Waals surface area contributed by atoms with Gasteiger partial charge < -0.3 is 9.84 Å². The summed E-state index contributed by atoms with van der Waals surface area (Å²) < 4.78 is 21.6. The van der Waals surface area contributed by atoms with Gasteiger partial charge in [0.15, 0.2) is 5.82 Å². The quantitative estimate of drug-likeness (QED) is 0.512. The Morgan fingerprint density at radius 2 is 1.93 bits per heavy atom. The topological polar surface area (TPSA) is 97.9 Å². The number of anilines is 2. The number of halogens is 1. The van der Waals surface area contributed by atoms with Crippen LogP contribution in [0.4, 0.5) is 20.7 Å². The standard InChI is InChI=1S/C21H21FN6O2/c1-21(2,3)18-8-19(27-30-18)26-20(29)25-16-6-5-12(7-15(16)22)13-9-23-11-17-14(13)10-24-28(17)4/h5-11H,1-4H3,(H2,25,26,27,29). The van der Waals surface area contributed by atoms with Gasteiger partial charge in [0, 0.05) is 35.7 Å². The van der Waals surface area contributed by atoms with Crippen molar-refractivity contribution in [2.45, 2.75) is 26.2 Å². The second-order valence-electron chi connectivity index (χ2n) is 7.99. The minimum atomic E-state index is -0.619. The van der Waals surface area contributed by atoms with Crippen LogP contribution in [-0.2, 0) is 12.5 Å². The molecule has 0 aliphatic rings. The molecule has 9 heteroatoms. The number of hydrogen-bond donors (Lipinski definition) is 2. The highest BCUT2D eigenvalue weighted by Gasteiger charge is 2.20. The van der Waals surface area contributed by atoms with Crippen molar-refractivity contribution in [1.82, 2.24) is 19.9 Å². The lowest BCUT2D eigenvalue weighted by atomic mass is 9.93. The zero-order chi connectivity index (χ0) is 21.5. The van der Waals surface area contributed by atoms with Gasteiger partial charge in [-0.1, -0.05) is 32.0 Å². The van der Waals surface area contributed by atoms with Crippen molar-refractivity contribution in [2.24, 2.45) is 7.05 Å². The fourth-order valence-electron chi connectivity index (χ4n) is 3.03. The van der Waals surface area contributed by atoms with Gasteiger partial charge >= 0.3 is 6.03 Å². The monoisotopic (exact) mass is 408 g/mol. The van der Waals surface area contributed by atoms with E-state index in [-0.39, 0.29) is 16.9 Å². The van der Waals surface area contributed by atoms with Gasteiger partial charge in [-0.3, -0.25) is 15.0 Å². The van der Waals surface area contributed by atoms with Crippen molar-refractivity contribution in [3.05, 3.63) is 54.4 Å². The minimum Gasteiger partial charge on any atom is -0.359 e. The zero-order valence-electron chi connectivity index (χ0n) is 17.0. The summed E-state index contributed by atoms with van der Waals surface area (Å²) in [5.41, 5.74) is 2.04. The van der Waals surface area contributed by atoms with Crippen molar-refractivity contribution >= 4 is 28.4 Å². The van der Waals surface area contributed by atoms with E-state index in [0.717, 1.165) is 16.5 Å². The van der Waals surface area contributed by atoms with Gasteiger partial charge in [-0.2, -0.15) is 5.10 Å². The number of nitrogens with zero attached hydrogens (tertiary/aromatic N) is 4. The van der Waals surface area contributed by atoms with Crippen LogP contribution in [0.15, 0.2) is 47.4 Å². The Balaban J connectivity index is 1.52. The summed E-state index contributed by atoms with van der Waals surface area (Å²) in [6, 6.07) is 5.60. The first-order valence-electron chi connectivity index (χ1n) is 9.33. The molecule has 2 amide bonds. The highest BCUT2D eigenvalue weighted by atomic mass is 19.1. The van der Waals surface area contributed by atoms with Crippen LogP contribution in [0.3, 0.4) is 0 Å². The molecule has 0 bridgehead atoms. The van der Waals surface area contributed by atoms with Crippen LogP contribution in [0.5, 0.6) is 0 Å². The third-order valence-corrected chi connectivity index (χ3v) is 4.69. The Bertz CT molecular complexity index is 1240. The molecule has 0 atom stereocenters. The predicted octanol–water partition coefficient (Wildman–Crippen LogP) is 4.70. The molecule has 0 spiro atoms. The molecule has 4 aromatic rings. The Kier molecular flexibility index (Phi) is 4.73. The Morgan fingerprint density at radius 1 is 1.13 bits per heavy atom. The molecule has 0 aliphatic carbocycles. The number of amides is 2. The van der Waals surface area contributed by atoms with Crippen molar-refractivity contribution < 1.29 is 13.7 Å². The van der Waals surface area contributed by atoms with Crippen LogP contribution in [0.25, 0.3) is 22.0 Å². The number of benzene rings is 1. The molecule has 30 heavy (non-hydrogen) atoms. The number of fused-ring (bicyclic) bond motifs is 1. The first-order valence-corrected chi connectivity index (χ1v) is 9.33. The number of nitrogens with one attached hydrogen (secondary N) is 2. The first-order chi connectivity index (χ1) is 14.2. The van der Waals surface area contributed by atoms with Gasteiger partial charge in [-0.15, -0.1) is 0 Å². The molecule has 8 nitrogen and oxygen atoms in total. The van der Waals surface area contributed by atoms with Gasteiger partial charge in [0.25, 0.3) is 0 Å². The average molecular weight is 408 g/mol. The molecule has 154 valence electrons. The normalized spacial score (nSPS) is 11.6. The molecular formula is C21H21FN6O2. The van der Waals surface area contributed by atoms with Crippen molar-refractivity contribution in [3.63, 3.8) is 0 Å². The third-order valence-electron chi connectivity index (χ3n) is 4.69. The van der Waals surface area contributed by atoms with Crippen LogP contribution >= 0.6 is 0 Å². The number of carbonyl (C=O) groups is 1. The zero-order valence-corrected chi connectivity index (χ0v) is 17.0. The van der Waals surface area contributed by atoms with E-state index in [0.29, 0.717) is 11.3 Å². The summed E-state index contributed by atoms with van der Waals surface area (Å²) in [5, 5.41) is 13.9. The Morgan fingerprint density at radius 3 is 2.63 bits per heavy atom. The second kappa shape index (κ2) is 7.25. The lowest BCUT2D eigenvalue weighted by Crippen LogP contribution is -2.20. The number of rotatable bonds is 3. The molecule has 3 aromatic heterocycles. The van der Waals surface area contributed by atoms with E-state index in [1.165, 1.54) is 12.1 Å². The van der Waals surface area contributed by atoms with Crippen molar-refractivity contribution in [1.29, 1.82) is 0 Å². The van der Waals surface area contributed by atoms with Crippen LogP contribution in [0, 0.1) is 5.82 Å². The van der Waals surface area contributed by atoms with Gasteiger partial charge in [0.05, 0.1) is 23.6 Å². The maximum atomic E-state index is 14.7. The summed E-state index contributed by atoms with van der Waals surface area (Å²) in [7, 11) is 1.82. The molecule has 0 saturated heterocycles. The second-order valence-corrected chi connectivity index (χ2v) is 7.99. The lowest BCUT2D eigenvalue weighted by molar-refractivity contribution is 0.261. The number of hydrogen-bond acceptors (Lipinski definition) is 5. The third kappa shape index (κ3) is 3.73. The number of pyridine rings is 1. The van der Waals surface area contributed by atoms with Gasteiger partial charge in [0.1, 0.15) is 11.6 Å². The van der Waals surface area contributed by atoms with E-state index in [1.807, 2.05) is 27.8 Å². The summed E-state index contributed by atoms with van der Waals surface area (Å²) in [6.45, 7) is 5.90. The van der Waals surface area contributed by atoms with E-state index in [2.05, 4.69) is 25.9 Å². The smallest absolute Gasteiger partial charge is 0.325 e. The van der Waals surface area contributed by atoms with E-state index in [1.54, 1.807) is 35.4 Å². The Hall–Kier alpha value is -3.75. The predicted molar refractivity (Wildman–Crippen MR) is 112 cm³/mol. The number of carbonyl (C=O) groups excluding carboxylic acids is 1. The van der Waals surface area contributed by atoms with Crippen LogP contribution in [0.2, 0.25) is 0 Å². The van der Waals surface area contributed by atoms with Crippen molar-refractivity contribution in [3.8, 4) is 11.1 Å².